The van der Waals surface area contributed by atoms with E-state index >= 15 is 0 Å². The Hall–Kier alpha value is -3.03. The van der Waals surface area contributed by atoms with Crippen LogP contribution in [0.4, 0.5) is 0 Å². The minimum Gasteiger partial charge on any atom is -0.443 e. The van der Waals surface area contributed by atoms with Crippen molar-refractivity contribution >= 4 is 32.9 Å². The molecule has 5 rings (SSSR count). The average Bonchev–Trinajstić information content (AvgIpc) is 3.45. The second kappa shape index (κ2) is 6.61. The van der Waals surface area contributed by atoms with Gasteiger partial charge in [-0.3, -0.25) is 9.36 Å². The maximum Gasteiger partial charge on any atom is 0.263 e. The van der Waals surface area contributed by atoms with Crippen LogP contribution in [0.3, 0.4) is 0 Å². The van der Waals surface area contributed by atoms with E-state index in [2.05, 4.69) is 9.97 Å². The van der Waals surface area contributed by atoms with Crippen LogP contribution in [-0.4, -0.2) is 14.5 Å². The van der Waals surface area contributed by atoms with Crippen LogP contribution in [0.2, 0.25) is 0 Å². The summed E-state index contributed by atoms with van der Waals surface area (Å²) in [6, 6.07) is 13.8. The highest BCUT2D eigenvalue weighted by molar-refractivity contribution is 7.17. The summed E-state index contributed by atoms with van der Waals surface area (Å²) in [5, 5.41) is 4.61. The lowest BCUT2D eigenvalue weighted by molar-refractivity contribution is 0.572. The van der Waals surface area contributed by atoms with Crippen LogP contribution in [0.5, 0.6) is 0 Å². The first-order valence-corrected chi connectivity index (χ1v) is 10.1. The summed E-state index contributed by atoms with van der Waals surface area (Å²) in [4.78, 5) is 23.8. The van der Waals surface area contributed by atoms with Crippen molar-refractivity contribution < 1.29 is 4.42 Å². The second-order valence-corrected chi connectivity index (χ2v) is 7.80. The molecule has 0 aliphatic heterocycles. The Morgan fingerprint density at radius 2 is 1.96 bits per heavy atom. The lowest BCUT2D eigenvalue weighted by Crippen LogP contribution is -2.21. The lowest BCUT2D eigenvalue weighted by Gasteiger charge is -2.04. The molecular weight excluding hydrogens is 378 g/mol. The third kappa shape index (κ3) is 2.90. The van der Waals surface area contributed by atoms with Crippen LogP contribution < -0.4 is 5.56 Å². The Morgan fingerprint density at radius 1 is 1.07 bits per heavy atom. The van der Waals surface area contributed by atoms with Gasteiger partial charge in [0.05, 0.1) is 28.8 Å². The molecule has 0 spiro atoms. The second-order valence-electron chi connectivity index (χ2n) is 5.99. The molecule has 27 heavy (non-hydrogen) atoms. The topological polar surface area (TPSA) is 60.9 Å². The number of thiophene rings is 2. The molecule has 0 amide bonds. The predicted molar refractivity (Wildman–Crippen MR) is 108 cm³/mol. The molecule has 4 aromatic heterocycles. The molecule has 5 aromatic rings. The van der Waals surface area contributed by atoms with Gasteiger partial charge in [0, 0.05) is 10.9 Å². The predicted octanol–water partition coefficient (Wildman–Crippen LogP) is 4.89. The van der Waals surface area contributed by atoms with Crippen LogP contribution >= 0.6 is 22.7 Å². The molecule has 0 radical (unpaired) electrons. The number of rotatable bonds is 4. The third-order valence-corrected chi connectivity index (χ3v) is 6.01. The summed E-state index contributed by atoms with van der Waals surface area (Å²) in [6.45, 7) is 0.320. The Balaban J connectivity index is 1.55. The molecule has 0 bridgehead atoms. The number of oxazole rings is 1. The van der Waals surface area contributed by atoms with Gasteiger partial charge in [-0.05, 0) is 17.0 Å². The van der Waals surface area contributed by atoms with Gasteiger partial charge in [0.2, 0.25) is 5.89 Å². The molecular formula is C20H13N3O2S2. The zero-order valence-electron chi connectivity index (χ0n) is 14.0. The molecule has 0 aliphatic carbocycles. The monoisotopic (exact) mass is 391 g/mol. The molecule has 0 atom stereocenters. The van der Waals surface area contributed by atoms with Crippen LogP contribution in [0.15, 0.2) is 75.0 Å². The summed E-state index contributed by atoms with van der Waals surface area (Å²) in [5.74, 6) is 0.572. The fourth-order valence-electron chi connectivity index (χ4n) is 2.98. The zero-order chi connectivity index (χ0) is 18.2. The first kappa shape index (κ1) is 16.2. The van der Waals surface area contributed by atoms with Crippen molar-refractivity contribution in [1.29, 1.82) is 0 Å². The quantitative estimate of drug-likeness (QED) is 0.438. The molecule has 7 heteroatoms. The van der Waals surface area contributed by atoms with E-state index in [1.54, 1.807) is 28.5 Å². The summed E-state index contributed by atoms with van der Waals surface area (Å²) in [7, 11) is 0. The van der Waals surface area contributed by atoms with Gasteiger partial charge in [0.1, 0.15) is 11.1 Å². The molecule has 0 saturated heterocycles. The van der Waals surface area contributed by atoms with Crippen molar-refractivity contribution in [2.45, 2.75) is 6.54 Å². The Labute approximate surface area is 162 Å². The fourth-order valence-corrected chi connectivity index (χ4v) is 4.54. The normalized spacial score (nSPS) is 11.3. The molecule has 0 N–H and O–H groups in total. The van der Waals surface area contributed by atoms with E-state index in [0.717, 1.165) is 20.8 Å². The van der Waals surface area contributed by atoms with E-state index in [-0.39, 0.29) is 5.56 Å². The van der Waals surface area contributed by atoms with Gasteiger partial charge in [-0.1, -0.05) is 36.4 Å². The van der Waals surface area contributed by atoms with Gasteiger partial charge >= 0.3 is 0 Å². The first-order chi connectivity index (χ1) is 13.3. The molecule has 4 heterocycles. The van der Waals surface area contributed by atoms with Crippen LogP contribution in [0, 0.1) is 0 Å². The van der Waals surface area contributed by atoms with E-state index < -0.39 is 0 Å². The van der Waals surface area contributed by atoms with Gasteiger partial charge in [0.25, 0.3) is 5.56 Å². The minimum atomic E-state index is -0.0687. The Bertz CT molecular complexity index is 1270. The SMILES string of the molecule is O=c1c2c(-c3ccccc3)csc2ncn1Cc1coc(-c2cccs2)n1. The summed E-state index contributed by atoms with van der Waals surface area (Å²) >= 11 is 3.05. The van der Waals surface area contributed by atoms with E-state index in [1.165, 1.54) is 11.3 Å². The number of hydrogen-bond donors (Lipinski definition) is 0. The smallest absolute Gasteiger partial charge is 0.263 e. The third-order valence-electron chi connectivity index (χ3n) is 4.26. The van der Waals surface area contributed by atoms with Crippen molar-refractivity contribution in [3.63, 3.8) is 0 Å². The van der Waals surface area contributed by atoms with Gasteiger partial charge in [-0.25, -0.2) is 9.97 Å². The van der Waals surface area contributed by atoms with E-state index in [9.17, 15) is 4.79 Å². The van der Waals surface area contributed by atoms with Crippen LogP contribution in [-0.2, 0) is 6.54 Å². The van der Waals surface area contributed by atoms with Crippen molar-refractivity contribution in [3.8, 4) is 21.9 Å². The van der Waals surface area contributed by atoms with Crippen LogP contribution in [0.25, 0.3) is 32.1 Å². The van der Waals surface area contributed by atoms with Gasteiger partial charge in [0.15, 0.2) is 0 Å². The molecule has 0 saturated carbocycles. The van der Waals surface area contributed by atoms with Gasteiger partial charge in [-0.2, -0.15) is 0 Å². The minimum absolute atomic E-state index is 0.0687. The first-order valence-electron chi connectivity index (χ1n) is 8.30. The van der Waals surface area contributed by atoms with E-state index in [4.69, 9.17) is 4.42 Å². The van der Waals surface area contributed by atoms with E-state index in [0.29, 0.717) is 23.5 Å². The standard InChI is InChI=1S/C20H13N3O2S2/c24-20-17-15(13-5-2-1-3-6-13)11-27-19(17)21-12-23(20)9-14-10-25-18(22-14)16-7-4-8-26-16/h1-8,10-12H,9H2. The molecule has 1 aromatic carbocycles. The Morgan fingerprint density at radius 3 is 2.78 bits per heavy atom. The van der Waals surface area contributed by atoms with Gasteiger partial charge in [-0.15, -0.1) is 22.7 Å². The fraction of sp³-hybridized carbons (Fsp3) is 0.0500. The number of benzene rings is 1. The Kier molecular flexibility index (Phi) is 3.95. The van der Waals surface area contributed by atoms with Crippen LogP contribution in [0.1, 0.15) is 5.69 Å². The number of hydrogen-bond acceptors (Lipinski definition) is 6. The molecule has 5 nitrogen and oxygen atoms in total. The zero-order valence-corrected chi connectivity index (χ0v) is 15.7. The summed E-state index contributed by atoms with van der Waals surface area (Å²) < 4.78 is 7.13. The highest BCUT2D eigenvalue weighted by atomic mass is 32.1. The highest BCUT2D eigenvalue weighted by Crippen LogP contribution is 2.30. The van der Waals surface area contributed by atoms with Crippen molar-refractivity contribution in [1.82, 2.24) is 14.5 Å². The number of nitrogens with zero attached hydrogens (tertiary/aromatic N) is 3. The lowest BCUT2D eigenvalue weighted by atomic mass is 10.1. The van der Waals surface area contributed by atoms with Gasteiger partial charge < -0.3 is 4.42 Å². The molecule has 0 unspecified atom stereocenters. The molecule has 132 valence electrons. The molecule has 0 fully saturated rings. The number of aromatic nitrogens is 3. The maximum atomic E-state index is 13.1. The largest absolute Gasteiger partial charge is 0.443 e. The summed E-state index contributed by atoms with van der Waals surface area (Å²) in [6.07, 6.45) is 3.17. The number of fused-ring (bicyclic) bond motifs is 1. The van der Waals surface area contributed by atoms with E-state index in [1.807, 2.05) is 53.2 Å². The molecule has 0 aliphatic rings. The maximum absolute atomic E-state index is 13.1. The average molecular weight is 391 g/mol. The van der Waals surface area contributed by atoms with Crippen molar-refractivity contribution in [2.75, 3.05) is 0 Å². The van der Waals surface area contributed by atoms with Crippen molar-refractivity contribution in [3.05, 3.63) is 81.9 Å². The summed E-state index contributed by atoms with van der Waals surface area (Å²) in [5.41, 5.74) is 2.56. The highest BCUT2D eigenvalue weighted by Gasteiger charge is 2.14. The van der Waals surface area contributed by atoms with Crippen molar-refractivity contribution in [2.24, 2.45) is 0 Å².